The molecule has 16 heteroatoms. The van der Waals surface area contributed by atoms with E-state index in [0.29, 0.717) is 18.3 Å². The summed E-state index contributed by atoms with van der Waals surface area (Å²) in [5.41, 5.74) is 16.0. The van der Waals surface area contributed by atoms with E-state index in [9.17, 15) is 13.2 Å². The van der Waals surface area contributed by atoms with Crippen molar-refractivity contribution in [2.24, 2.45) is 10.8 Å². The summed E-state index contributed by atoms with van der Waals surface area (Å²) in [6.45, 7) is 16.8. The molecule has 0 aliphatic heterocycles. The minimum absolute atomic E-state index is 0. The zero-order valence-electron chi connectivity index (χ0n) is 58.4. The van der Waals surface area contributed by atoms with Gasteiger partial charge in [0.25, 0.3) is 11.9 Å². The molecule has 0 bridgehead atoms. The number of rotatable bonds is 10. The predicted octanol–water partition coefficient (Wildman–Crippen LogP) is 23.1. The number of alkyl halides is 3. The predicted molar refractivity (Wildman–Crippen MR) is 402 cm³/mol. The number of aromatic nitrogens is 2. The molecule has 8 aromatic rings. The van der Waals surface area contributed by atoms with Crippen molar-refractivity contribution in [1.29, 1.82) is 0 Å². The first-order valence-corrected chi connectivity index (χ1v) is 44.6. The topological polar surface area (TPSA) is 107 Å². The second-order valence-electron chi connectivity index (χ2n) is 27.2. The Morgan fingerprint density at radius 3 is 1.41 bits per heavy atom. The van der Waals surface area contributed by atoms with Gasteiger partial charge in [0.05, 0.1) is 16.8 Å². The number of nitrogens with zero attached hydrogens (tertiary/aromatic N) is 4. The molecule has 2 heterocycles. The van der Waals surface area contributed by atoms with Crippen molar-refractivity contribution in [3.05, 3.63) is 180 Å². The summed E-state index contributed by atoms with van der Waals surface area (Å²) in [7, 11) is 8.61. The van der Waals surface area contributed by atoms with Crippen molar-refractivity contribution in [2.45, 2.75) is 188 Å². The van der Waals surface area contributed by atoms with Crippen LogP contribution in [0.25, 0.3) is 55.2 Å². The maximum absolute atomic E-state index is 13.8. The number of carbonyl (C=O) groups is 2. The standard InChI is InChI=1S/C28H41N2P.C24H24F3N.C17H14ClN.C7H13.2C2H4O2.HI.Pd.Zn/c1-29(2)25-19-13-20-26(30(3)4)28(25)24-18-11-12-21-27(24)31(22-14-7-5-8-15-22)23-16-9-6-10-17-23;1-16-11-17(2)13-20(12-16)22-21-6-5-18(14-19(21)7-10-28-22)15-23(24(25,26)27)8-3-4-9-23;1-11-7-12(2)9-14(8-11)17-16-4-3-15(18)10-13(16)5-6-19-17;1-7(2)5-3-4-6-7;2*1-2(3)4;;;/h11-13,18-23H,5-10,14-17H2,1-4H3;5-7,10-14H,3-4,8-9,15H2,1-2H3;3-10H,1-2H3;1,3-6H2,2H3;2*1H3,(H,3,4);1H;;/q;;;-1;;;;;+2/p-1. The summed E-state index contributed by atoms with van der Waals surface area (Å²) in [6.07, 6.45) is 21.2. The number of hydrogen-bond donors (Lipinski definition) is 2. The van der Waals surface area contributed by atoms with Crippen molar-refractivity contribution in [1.82, 2.24) is 9.97 Å². The third-order valence-electron chi connectivity index (χ3n) is 18.4. The van der Waals surface area contributed by atoms with Crippen LogP contribution in [-0.2, 0) is 51.2 Å². The second-order valence-corrected chi connectivity index (χ2v) is 30.4. The van der Waals surface area contributed by atoms with E-state index in [1.54, 1.807) is 11.5 Å². The molecule has 516 valence electrons. The van der Waals surface area contributed by atoms with Crippen molar-refractivity contribution < 1.29 is 68.2 Å². The number of anilines is 2. The molecule has 2 aromatic heterocycles. The van der Waals surface area contributed by atoms with Gasteiger partial charge in [-0.15, -0.1) is 0 Å². The summed E-state index contributed by atoms with van der Waals surface area (Å²) in [4.78, 5) is 31.7. The minimum atomic E-state index is -4.15. The first-order chi connectivity index (χ1) is 45.2. The summed E-state index contributed by atoms with van der Waals surface area (Å²) >= 11 is 9.67. The van der Waals surface area contributed by atoms with Gasteiger partial charge in [0.15, 0.2) is 0 Å². The van der Waals surface area contributed by atoms with Crippen molar-refractivity contribution >= 4 is 89.4 Å². The van der Waals surface area contributed by atoms with Crippen LogP contribution < -0.4 is 15.1 Å². The molecule has 0 unspecified atom stereocenters. The molecule has 12 rings (SSSR count). The van der Waals surface area contributed by atoms with Crippen molar-refractivity contribution in [3.63, 3.8) is 0 Å². The fourth-order valence-electron chi connectivity index (χ4n) is 14.3. The number of aryl methyl sites for hydroxylation is 4. The average Bonchev–Trinajstić information content (AvgIpc) is 1.82. The van der Waals surface area contributed by atoms with Crippen LogP contribution in [-0.4, -0.2) is 77.8 Å². The molecular weight excluding hydrogens is 1500 g/mol. The van der Waals surface area contributed by atoms with Crippen molar-refractivity contribution in [3.8, 4) is 33.6 Å². The molecule has 4 aliphatic rings. The van der Waals surface area contributed by atoms with Crippen LogP contribution in [0, 0.1) is 45.4 Å². The Hall–Kier alpha value is -4.79. The molecule has 4 fully saturated rings. The number of benzene rings is 6. The number of pyridine rings is 2. The zero-order chi connectivity index (χ0) is 69.6. The Kier molecular flexibility index (Phi) is 33.5. The molecule has 0 amide bonds. The van der Waals surface area contributed by atoms with Crippen LogP contribution >= 0.6 is 39.3 Å². The van der Waals surface area contributed by atoms with Gasteiger partial charge in [0.2, 0.25) is 0 Å². The van der Waals surface area contributed by atoms with Crippen molar-refractivity contribution in [2.75, 3.05) is 38.0 Å². The summed E-state index contributed by atoms with van der Waals surface area (Å²) in [5, 5.41) is 21.5. The molecule has 96 heavy (non-hydrogen) atoms. The van der Waals surface area contributed by atoms with Crippen LogP contribution in [0.3, 0.4) is 0 Å². The molecule has 4 saturated carbocycles. The van der Waals surface area contributed by atoms with E-state index in [1.807, 2.05) is 54.7 Å². The first kappa shape index (κ1) is 81.9. The van der Waals surface area contributed by atoms with Crippen LogP contribution in [0.5, 0.6) is 0 Å². The molecule has 0 saturated heterocycles. The van der Waals surface area contributed by atoms with E-state index in [-0.39, 0.29) is 47.6 Å². The van der Waals surface area contributed by atoms with Gasteiger partial charge in [-0.2, -0.15) is 18.6 Å². The van der Waals surface area contributed by atoms with Gasteiger partial charge in [-0.05, 0) is 172 Å². The second kappa shape index (κ2) is 39.3. The summed E-state index contributed by atoms with van der Waals surface area (Å²) in [5.74, 6) is -1.67. The Morgan fingerprint density at radius 2 is 1.00 bits per heavy atom. The van der Waals surface area contributed by atoms with E-state index in [2.05, 4.69) is 188 Å². The average molecular weight is 1600 g/mol. The fourth-order valence-corrected chi connectivity index (χ4v) is 18.4. The number of aliphatic carboxylic acids is 2. The molecule has 8 nitrogen and oxygen atoms in total. The van der Waals surface area contributed by atoms with E-state index >= 15 is 0 Å². The number of carboxylic acids is 2. The van der Waals surface area contributed by atoms with E-state index in [4.69, 9.17) is 31.4 Å². The molecule has 2 N–H and O–H groups in total. The maximum atomic E-state index is 13.8. The monoisotopic (exact) mass is 1600 g/mol. The number of hydrogen-bond acceptors (Lipinski definition) is 6. The normalized spacial score (nSPS) is 15.6. The zero-order valence-corrected chi connectivity index (χ0v) is 66.8. The van der Waals surface area contributed by atoms with Gasteiger partial charge in [-0.1, -0.05) is 192 Å². The van der Waals surface area contributed by atoms with Crippen LogP contribution in [0.2, 0.25) is 5.02 Å². The van der Waals surface area contributed by atoms with Crippen LogP contribution in [0.15, 0.2) is 140 Å². The Morgan fingerprint density at radius 1 is 0.594 bits per heavy atom. The summed E-state index contributed by atoms with van der Waals surface area (Å²) in [6, 6.07) is 44.6. The summed E-state index contributed by atoms with van der Waals surface area (Å²) < 4.78 is 41.3. The molecule has 0 atom stereocenters. The van der Waals surface area contributed by atoms with Crippen LogP contribution in [0.4, 0.5) is 24.5 Å². The van der Waals surface area contributed by atoms with Gasteiger partial charge < -0.3 is 26.9 Å². The van der Waals surface area contributed by atoms with E-state index in [0.717, 1.165) is 79.8 Å². The SMILES string of the molecule is CC(=O)O.CC(=O)O.CN(C)c1cccc(N(C)C)c1-c1ccccc1P(C1CCCCC1)C1CCCCC1.Cc1cc(C)cc(-c2nccc3cc(CC4(C(F)(F)F)CCCC4)ccc23)c1.Cc1cc(C)cc(-c2nccc3cc(Cl)ccc23)c1.[CH2-]C1(C)CCCC1.[Pd].[Zn+][I]. The van der Waals surface area contributed by atoms with E-state index < -0.39 is 23.5 Å². The Balaban J connectivity index is 0.000000234. The van der Waals surface area contributed by atoms with Gasteiger partial charge >= 0.3 is 40.7 Å². The fraction of sp³-hybridized carbons (Fsp3) is 0.438. The van der Waals surface area contributed by atoms with Gasteiger partial charge in [0, 0.05) is 119 Å². The van der Waals surface area contributed by atoms with Gasteiger partial charge in [-0.25, -0.2) is 0 Å². The van der Waals surface area contributed by atoms with Gasteiger partial charge in [0.1, 0.15) is 0 Å². The van der Waals surface area contributed by atoms with E-state index in [1.165, 1.54) is 149 Å². The molecule has 0 radical (unpaired) electrons. The number of fused-ring (bicyclic) bond motifs is 2. The Bertz CT molecular complexity index is 3660. The number of carboxylic acid groups (broad SMARTS) is 2. The Labute approximate surface area is 612 Å². The quantitative estimate of drug-likeness (QED) is 0.0604. The van der Waals surface area contributed by atoms with Crippen LogP contribution in [0.1, 0.15) is 164 Å². The molecular formula is C80H100ClF3IN4O4PPdZn. The third-order valence-corrected chi connectivity index (χ3v) is 22.2. The number of halogens is 5. The molecule has 0 spiro atoms. The molecule has 6 aromatic carbocycles. The van der Waals surface area contributed by atoms with Gasteiger partial charge in [-0.3, -0.25) is 19.6 Å². The third kappa shape index (κ3) is 24.0. The molecule has 4 aliphatic carbocycles. The first-order valence-electron chi connectivity index (χ1n) is 33.7.